The van der Waals surface area contributed by atoms with E-state index in [9.17, 15) is 83.1 Å². The maximum Gasteiger partial charge on any atom is 0.303 e. The average Bonchev–Trinajstić information content (AvgIpc) is 1.56. The van der Waals surface area contributed by atoms with Crippen LogP contribution in [0.25, 0.3) is 11.0 Å². The molecule has 12 amide bonds. The molecule has 6 aromatic rings. The number of nitrogens with zero attached hydrogens (tertiary/aromatic N) is 1. The Hall–Kier alpha value is -11.1. The SMILES string of the molecule is CCC[C@@H]1NC(=O)[C@H](Cc2ccc(O)cc2)NC(=O)[C@H](CCC(=O)O)NC(=O)[C@H](CC(C)C)NC(=O)[C@H](Cc2c[nH]c3[nH+]cccc23)NC(=O)[C@H]([C@@H](C)O)NC(=O)[C@H](Cc2cnc[nH]2)NC(=O)[C@H](Cc2ccc(O)cc2)NC(=O)[C@H](C(C)(C)C)NC(=O)CCSCc2cccc(c2)CSC[C@@H](C(N)=O)NC(=O)[C@H]([C@@H](C)O)NC1=O. The topological polar surface area (TPSA) is 540 Å². The van der Waals surface area contributed by atoms with Gasteiger partial charge in [0, 0.05) is 79.0 Å². The maximum absolute atomic E-state index is 15.2. The second kappa shape index (κ2) is 43.2. The van der Waals surface area contributed by atoms with Gasteiger partial charge in [-0.3, -0.25) is 62.3 Å². The minimum atomic E-state index is -1.90. The third-order valence-electron chi connectivity index (χ3n) is 18.6. The Balaban J connectivity index is 1.26. The van der Waals surface area contributed by atoms with E-state index in [0.717, 1.165) is 11.1 Å². The number of benzene rings is 3. The molecule has 0 saturated carbocycles. The molecular formula is C78H105N16O18S2+. The quantitative estimate of drug-likeness (QED) is 0.0550. The molecule has 0 radical (unpaired) electrons. The number of primary amides is 1. The molecule has 616 valence electrons. The largest absolute Gasteiger partial charge is 0.508 e. The number of aromatic nitrogens is 4. The lowest BCUT2D eigenvalue weighted by Crippen LogP contribution is -2.63. The number of fused-ring (bicyclic) bond motifs is 3. The van der Waals surface area contributed by atoms with Gasteiger partial charge in [0.05, 0.1) is 36.3 Å². The summed E-state index contributed by atoms with van der Waals surface area (Å²) in [6, 6.07) is 4.70. The molecule has 114 heavy (non-hydrogen) atoms. The molecule has 21 N–H and O–H groups in total. The fraction of sp³-hybridized carbons (Fsp3) is 0.474. The van der Waals surface area contributed by atoms with Crippen LogP contribution in [0.5, 0.6) is 11.5 Å². The number of hydrogen-bond donors (Lipinski definition) is 19. The van der Waals surface area contributed by atoms with Crippen LogP contribution in [0.4, 0.5) is 0 Å². The average molecular weight is 1620 g/mol. The summed E-state index contributed by atoms with van der Waals surface area (Å²) in [5, 5.41) is 82.3. The molecule has 4 heterocycles. The number of thioether (sulfide) groups is 2. The lowest BCUT2D eigenvalue weighted by Gasteiger charge is -2.32. The molecule has 2 bridgehead atoms. The molecule has 3 aromatic carbocycles. The summed E-state index contributed by atoms with van der Waals surface area (Å²) in [6.07, 6.45) is -0.0223. The minimum absolute atomic E-state index is 0.0408. The molecular weight excluding hydrogens is 1510 g/mol. The number of hydrogen-bond acceptors (Lipinski definition) is 20. The van der Waals surface area contributed by atoms with Gasteiger partial charge in [-0.25, -0.2) is 15.0 Å². The summed E-state index contributed by atoms with van der Waals surface area (Å²) in [5.74, 6) is -12.5. The first kappa shape index (κ1) is 90.1. The molecule has 0 unspecified atom stereocenters. The van der Waals surface area contributed by atoms with Gasteiger partial charge in [-0.05, 0) is 103 Å². The van der Waals surface area contributed by atoms with E-state index in [2.05, 4.69) is 78.4 Å². The highest BCUT2D eigenvalue weighted by Gasteiger charge is 2.40. The number of aliphatic hydroxyl groups excluding tert-OH is 2. The van der Waals surface area contributed by atoms with Crippen molar-refractivity contribution < 1.29 is 92.8 Å². The first-order valence-corrected chi connectivity index (χ1v) is 39.8. The molecule has 0 aliphatic carbocycles. The number of aromatic hydroxyl groups is 2. The van der Waals surface area contributed by atoms with E-state index in [-0.39, 0.29) is 68.6 Å². The van der Waals surface area contributed by atoms with E-state index in [1.807, 2.05) is 24.3 Å². The van der Waals surface area contributed by atoms with Crippen LogP contribution in [0, 0.1) is 11.3 Å². The lowest BCUT2D eigenvalue weighted by molar-refractivity contribution is -0.347. The number of aliphatic carboxylic acids is 1. The third kappa shape index (κ3) is 28.2. The Morgan fingerprint density at radius 1 is 0.561 bits per heavy atom. The fourth-order valence-corrected chi connectivity index (χ4v) is 14.4. The number of H-pyrrole nitrogens is 3. The summed E-state index contributed by atoms with van der Waals surface area (Å²) < 4.78 is 0. The Labute approximate surface area is 667 Å². The number of carbonyl (C=O) groups excluding carboxylic acids is 12. The number of carboxylic acids is 1. The van der Waals surface area contributed by atoms with Crippen LogP contribution in [0.3, 0.4) is 0 Å². The summed E-state index contributed by atoms with van der Waals surface area (Å²) >= 11 is 2.67. The van der Waals surface area contributed by atoms with Gasteiger partial charge < -0.3 is 94.7 Å². The number of pyridine rings is 1. The number of phenolic OH excluding ortho intramolecular Hbond substituents is 2. The van der Waals surface area contributed by atoms with Crippen LogP contribution in [0.2, 0.25) is 0 Å². The number of aliphatic hydroxyl groups is 2. The molecule has 7 rings (SSSR count). The number of carbonyl (C=O) groups is 13. The van der Waals surface area contributed by atoms with Crippen LogP contribution < -0.4 is 69.2 Å². The molecule has 36 heteroatoms. The monoisotopic (exact) mass is 1620 g/mol. The predicted molar refractivity (Wildman–Crippen MR) is 422 cm³/mol. The number of imidazole rings is 1. The van der Waals surface area contributed by atoms with Crippen LogP contribution >= 0.6 is 23.5 Å². The van der Waals surface area contributed by atoms with Gasteiger partial charge in [0.2, 0.25) is 70.9 Å². The van der Waals surface area contributed by atoms with Crippen LogP contribution in [0.15, 0.2) is 110 Å². The first-order valence-electron chi connectivity index (χ1n) is 37.5. The normalized spacial score (nSPS) is 23.5. The fourth-order valence-electron chi connectivity index (χ4n) is 12.5. The van der Waals surface area contributed by atoms with Crippen molar-refractivity contribution in [1.29, 1.82) is 0 Å². The number of carboxylic acid groups (broad SMARTS) is 1. The Kier molecular flexibility index (Phi) is 34.2. The molecule has 0 saturated heterocycles. The van der Waals surface area contributed by atoms with E-state index < -0.39 is 180 Å². The van der Waals surface area contributed by atoms with Crippen molar-refractivity contribution in [3.05, 3.63) is 143 Å². The maximum atomic E-state index is 15.2. The number of nitrogens with one attached hydrogen (secondary N) is 14. The predicted octanol–water partition coefficient (Wildman–Crippen LogP) is 0.294. The highest BCUT2D eigenvalue weighted by Crippen LogP contribution is 2.24. The van der Waals surface area contributed by atoms with Crippen LogP contribution in [-0.2, 0) is 99.5 Å². The molecule has 0 fully saturated rings. The highest BCUT2D eigenvalue weighted by atomic mass is 32.2. The number of amides is 12. The van der Waals surface area contributed by atoms with Crippen molar-refractivity contribution in [2.24, 2.45) is 17.1 Å². The van der Waals surface area contributed by atoms with Crippen LogP contribution in [0.1, 0.15) is 127 Å². The molecule has 34 nitrogen and oxygen atoms in total. The van der Waals surface area contributed by atoms with Gasteiger partial charge in [0.15, 0.2) is 0 Å². The number of nitrogens with two attached hydrogens (primary N) is 1. The van der Waals surface area contributed by atoms with Gasteiger partial charge in [-0.15, -0.1) is 0 Å². The van der Waals surface area contributed by atoms with Crippen molar-refractivity contribution in [1.82, 2.24) is 73.4 Å². The second-order valence-corrected chi connectivity index (χ2v) is 31.8. The standard InChI is InChI=1S/C78H104N16O18S2/c1-9-12-53-69(104)93-64(43(5)96)76(111)91-60(66(79)102)39-114-38-47-14-10-13-46(30-47)37-113-28-26-61(99)92-65(78(6,7)8)77(112)90-57(32-45-18-22-51(98)23-19-45)72(107)88-59(34-49-36-80-40-83-49)74(109)94-63(42(4)95)75(110)89-58(33-48-35-82-67-52(48)15-11-27-81-67)73(108)86-55(29-41(2)3)70(105)85-54(24-25-62(100)101)68(103)87-56(71(106)84-53)31-44-16-20-50(97)21-17-44/h10-11,13-23,27,30,35-36,40-43,53-60,63-65,95-98H,9,12,24-26,28-29,31-34,37-39H2,1-8H3,(H2,79,102)(H,80,83)(H,81,82)(H,84,106)(H,85,105)(H,86,108)(H,87,103)(H,88,107)(H,89,110)(H,90,112)(H,91,111)(H,92,99)(H,93,104)(H,94,109)(H,100,101)/p+1/t42-,43-,53+,54+,55+,56+,57+,58+,59+,60+,63+,64+,65-/m1/s1. The first-order chi connectivity index (χ1) is 54.0. The van der Waals surface area contributed by atoms with E-state index in [1.165, 1.54) is 98.4 Å². The highest BCUT2D eigenvalue weighted by molar-refractivity contribution is 7.98. The Bertz CT molecular complexity index is 4310. The zero-order valence-electron chi connectivity index (χ0n) is 64.8. The number of phenols is 2. The van der Waals surface area contributed by atoms with E-state index >= 15 is 4.79 Å². The summed E-state index contributed by atoms with van der Waals surface area (Å²) in [5.41, 5.74) is 8.59. The van der Waals surface area contributed by atoms with Crippen molar-refractivity contribution in [3.63, 3.8) is 0 Å². The molecule has 3 aromatic heterocycles. The Morgan fingerprint density at radius 2 is 1.04 bits per heavy atom. The van der Waals surface area contributed by atoms with E-state index in [0.29, 0.717) is 50.7 Å². The molecule has 13 atom stereocenters. The molecule has 1 aliphatic rings. The van der Waals surface area contributed by atoms with Crippen LogP contribution in [-0.4, -0.2) is 208 Å². The molecule has 1 aliphatic heterocycles. The summed E-state index contributed by atoms with van der Waals surface area (Å²) in [6.45, 7) is 12.6. The number of aromatic amines is 3. The van der Waals surface area contributed by atoms with Gasteiger partial charge in [0.1, 0.15) is 78.0 Å². The Morgan fingerprint density at radius 3 is 1.57 bits per heavy atom. The summed E-state index contributed by atoms with van der Waals surface area (Å²) in [4.78, 5) is 200. The summed E-state index contributed by atoms with van der Waals surface area (Å²) in [7, 11) is 0. The van der Waals surface area contributed by atoms with Gasteiger partial charge in [0.25, 0.3) is 5.65 Å². The van der Waals surface area contributed by atoms with Crippen molar-refractivity contribution in [3.8, 4) is 11.5 Å². The lowest BCUT2D eigenvalue weighted by atomic mass is 9.85. The van der Waals surface area contributed by atoms with Crippen molar-refractivity contribution >= 4 is 111 Å². The van der Waals surface area contributed by atoms with Gasteiger partial charge in [-0.1, -0.05) is 96.5 Å². The zero-order chi connectivity index (χ0) is 83.5. The second-order valence-electron chi connectivity index (χ2n) is 29.7. The number of rotatable bonds is 18. The molecule has 0 spiro atoms. The van der Waals surface area contributed by atoms with E-state index in [4.69, 9.17) is 5.73 Å². The van der Waals surface area contributed by atoms with Crippen molar-refractivity contribution in [2.75, 3.05) is 11.5 Å². The third-order valence-corrected chi connectivity index (χ3v) is 20.8. The van der Waals surface area contributed by atoms with Crippen molar-refractivity contribution in [2.45, 2.75) is 210 Å². The zero-order valence-corrected chi connectivity index (χ0v) is 66.4. The smallest absolute Gasteiger partial charge is 0.303 e. The van der Waals surface area contributed by atoms with E-state index in [1.54, 1.807) is 66.1 Å². The van der Waals surface area contributed by atoms with Gasteiger partial charge in [-0.2, -0.15) is 23.5 Å². The van der Waals surface area contributed by atoms with Gasteiger partial charge >= 0.3 is 5.97 Å². The minimum Gasteiger partial charge on any atom is -0.508 e.